The first kappa shape index (κ1) is 9.07. The van der Waals surface area contributed by atoms with Gasteiger partial charge in [-0.1, -0.05) is 18.2 Å². The highest BCUT2D eigenvalue weighted by molar-refractivity contribution is 14.2. The van der Waals surface area contributed by atoms with E-state index in [1.54, 1.807) is 18.8 Å². The van der Waals surface area contributed by atoms with Crippen LogP contribution in [0.2, 0.25) is 0 Å². The molecule has 1 aromatic carbocycles. The van der Waals surface area contributed by atoms with Gasteiger partial charge in [0, 0.05) is 28.7 Å². The summed E-state index contributed by atoms with van der Waals surface area (Å²) in [6.45, 7) is 1.58. The van der Waals surface area contributed by atoms with Crippen molar-refractivity contribution in [2.24, 2.45) is 0 Å². The SMILES string of the molecule is CP(=O)(I)Oc1ccccc1. The molecule has 1 unspecified atom stereocenters. The van der Waals surface area contributed by atoms with Crippen molar-refractivity contribution in [2.75, 3.05) is 6.66 Å². The average Bonchev–Trinajstić information content (AvgIpc) is 1.85. The standard InChI is InChI=1S/C7H8IO2P/c1-11(8,9)10-7-5-3-2-4-6-7/h2-6H,1H3. The Morgan fingerprint density at radius 3 is 2.36 bits per heavy atom. The number of halogens is 1. The van der Waals surface area contributed by atoms with Crippen LogP contribution in [0.15, 0.2) is 30.3 Å². The van der Waals surface area contributed by atoms with Crippen LogP contribution in [0.5, 0.6) is 5.75 Å². The number of hydrogen-bond donors (Lipinski definition) is 0. The van der Waals surface area contributed by atoms with Crippen molar-refractivity contribution in [3.8, 4) is 5.75 Å². The number of rotatable bonds is 2. The van der Waals surface area contributed by atoms with Gasteiger partial charge >= 0.3 is 5.01 Å². The lowest BCUT2D eigenvalue weighted by Crippen LogP contribution is -1.82. The van der Waals surface area contributed by atoms with Crippen molar-refractivity contribution in [1.29, 1.82) is 0 Å². The molecule has 1 rings (SSSR count). The lowest BCUT2D eigenvalue weighted by molar-refractivity contribution is 0.508. The van der Waals surface area contributed by atoms with Gasteiger partial charge in [0.2, 0.25) is 0 Å². The Balaban J connectivity index is 2.74. The van der Waals surface area contributed by atoms with Crippen molar-refractivity contribution in [2.45, 2.75) is 0 Å². The number of benzene rings is 1. The van der Waals surface area contributed by atoms with Crippen LogP contribution in [0.25, 0.3) is 0 Å². The normalized spacial score (nSPS) is 15.5. The minimum atomic E-state index is -2.42. The van der Waals surface area contributed by atoms with E-state index < -0.39 is 5.01 Å². The molecule has 0 saturated heterocycles. The molecule has 0 spiro atoms. The van der Waals surface area contributed by atoms with Gasteiger partial charge in [0.05, 0.1) is 0 Å². The van der Waals surface area contributed by atoms with E-state index in [4.69, 9.17) is 4.52 Å². The third-order valence-electron chi connectivity index (χ3n) is 1.01. The molecular formula is C7H8IO2P. The summed E-state index contributed by atoms with van der Waals surface area (Å²) in [5.74, 6) is 0.660. The third kappa shape index (κ3) is 3.77. The van der Waals surface area contributed by atoms with E-state index in [-0.39, 0.29) is 0 Å². The lowest BCUT2D eigenvalue weighted by Gasteiger charge is -2.06. The summed E-state index contributed by atoms with van der Waals surface area (Å²) in [5.41, 5.74) is 0. The van der Waals surface area contributed by atoms with Crippen molar-refractivity contribution < 1.29 is 9.09 Å². The molecule has 0 fully saturated rings. The smallest absolute Gasteiger partial charge is 0.301 e. The number of hydrogen-bond acceptors (Lipinski definition) is 2. The first-order valence-corrected chi connectivity index (χ1v) is 7.95. The fraction of sp³-hybridized carbons (Fsp3) is 0.143. The predicted molar refractivity (Wildman–Crippen MR) is 54.6 cm³/mol. The van der Waals surface area contributed by atoms with E-state index in [0.29, 0.717) is 5.75 Å². The topological polar surface area (TPSA) is 26.3 Å². The molecule has 1 aromatic rings. The molecule has 0 aliphatic carbocycles. The Hall–Kier alpha value is -0.0200. The highest BCUT2D eigenvalue weighted by atomic mass is 127. The van der Waals surface area contributed by atoms with Crippen LogP contribution in [0, 0.1) is 0 Å². The Kier molecular flexibility index (Phi) is 2.96. The van der Waals surface area contributed by atoms with Crippen LogP contribution < -0.4 is 4.52 Å². The zero-order valence-corrected chi connectivity index (χ0v) is 9.08. The summed E-state index contributed by atoms with van der Waals surface area (Å²) < 4.78 is 16.3. The predicted octanol–water partition coefficient (Wildman–Crippen LogP) is 3.32. The van der Waals surface area contributed by atoms with E-state index in [1.807, 2.05) is 40.2 Å². The van der Waals surface area contributed by atoms with Crippen LogP contribution in [-0.2, 0) is 4.57 Å². The van der Waals surface area contributed by atoms with Crippen LogP contribution in [-0.4, -0.2) is 6.66 Å². The zero-order chi connectivity index (χ0) is 8.32. The molecule has 1 atom stereocenters. The molecule has 0 heterocycles. The molecule has 0 amide bonds. The Labute approximate surface area is 78.9 Å². The maximum absolute atomic E-state index is 11.1. The molecular weight excluding hydrogens is 274 g/mol. The van der Waals surface area contributed by atoms with Gasteiger partial charge in [0.15, 0.2) is 0 Å². The molecule has 0 N–H and O–H groups in total. The van der Waals surface area contributed by atoms with Gasteiger partial charge in [0.1, 0.15) is 5.75 Å². The van der Waals surface area contributed by atoms with Gasteiger partial charge in [0.25, 0.3) is 0 Å². The molecule has 0 bridgehead atoms. The monoisotopic (exact) mass is 282 g/mol. The fourth-order valence-corrected chi connectivity index (χ4v) is 1.85. The minimum absolute atomic E-state index is 0.660. The van der Waals surface area contributed by atoms with Gasteiger partial charge in [-0.15, -0.1) is 0 Å². The molecule has 0 radical (unpaired) electrons. The van der Waals surface area contributed by atoms with Crippen LogP contribution >= 0.6 is 27.1 Å². The lowest BCUT2D eigenvalue weighted by atomic mass is 10.3. The van der Waals surface area contributed by atoms with Crippen molar-refractivity contribution >= 4 is 27.1 Å². The largest absolute Gasteiger partial charge is 0.437 e. The second-order valence-corrected chi connectivity index (χ2v) is 9.09. The van der Waals surface area contributed by atoms with E-state index in [2.05, 4.69) is 0 Å². The molecule has 11 heavy (non-hydrogen) atoms. The molecule has 4 heteroatoms. The van der Waals surface area contributed by atoms with Gasteiger partial charge in [-0.25, -0.2) is 0 Å². The van der Waals surface area contributed by atoms with Crippen LogP contribution in [0.3, 0.4) is 0 Å². The van der Waals surface area contributed by atoms with E-state index in [9.17, 15) is 4.57 Å². The van der Waals surface area contributed by atoms with Gasteiger partial charge in [-0.3, -0.25) is 4.57 Å². The highest BCUT2D eigenvalue weighted by Gasteiger charge is 2.09. The Morgan fingerprint density at radius 1 is 1.36 bits per heavy atom. The average molecular weight is 282 g/mol. The molecule has 2 nitrogen and oxygen atoms in total. The molecule has 0 aliphatic rings. The third-order valence-corrected chi connectivity index (χ3v) is 2.14. The first-order chi connectivity index (χ1) is 5.08. The number of para-hydroxylation sites is 1. The van der Waals surface area contributed by atoms with E-state index in [1.165, 1.54) is 0 Å². The summed E-state index contributed by atoms with van der Waals surface area (Å²) in [6.07, 6.45) is 0. The van der Waals surface area contributed by atoms with E-state index >= 15 is 0 Å². The zero-order valence-electron chi connectivity index (χ0n) is 6.03. The van der Waals surface area contributed by atoms with Gasteiger partial charge in [-0.2, -0.15) is 0 Å². The summed E-state index contributed by atoms with van der Waals surface area (Å²) >= 11 is 1.81. The molecule has 0 aromatic heterocycles. The summed E-state index contributed by atoms with van der Waals surface area (Å²) in [7, 11) is 0. The van der Waals surface area contributed by atoms with Gasteiger partial charge < -0.3 is 4.52 Å². The highest BCUT2D eigenvalue weighted by Crippen LogP contribution is 2.51. The second kappa shape index (κ2) is 3.59. The maximum Gasteiger partial charge on any atom is 0.301 e. The Morgan fingerprint density at radius 2 is 1.91 bits per heavy atom. The van der Waals surface area contributed by atoms with E-state index in [0.717, 1.165) is 0 Å². The molecule has 60 valence electrons. The van der Waals surface area contributed by atoms with Crippen molar-refractivity contribution in [1.82, 2.24) is 0 Å². The minimum Gasteiger partial charge on any atom is -0.437 e. The first-order valence-electron chi connectivity index (χ1n) is 3.10. The van der Waals surface area contributed by atoms with Crippen LogP contribution in [0.1, 0.15) is 0 Å². The van der Waals surface area contributed by atoms with Crippen molar-refractivity contribution in [3.05, 3.63) is 30.3 Å². The quantitative estimate of drug-likeness (QED) is 0.614. The molecule has 0 aliphatic heterocycles. The van der Waals surface area contributed by atoms with Gasteiger partial charge in [-0.05, 0) is 12.1 Å². The van der Waals surface area contributed by atoms with Crippen LogP contribution in [0.4, 0.5) is 0 Å². The second-order valence-electron chi connectivity index (χ2n) is 2.15. The summed E-state index contributed by atoms with van der Waals surface area (Å²) in [6, 6.07) is 9.16. The Bertz CT molecular complexity index is 267. The summed E-state index contributed by atoms with van der Waals surface area (Å²) in [5, 5.41) is -2.42. The summed E-state index contributed by atoms with van der Waals surface area (Å²) in [4.78, 5) is 0. The van der Waals surface area contributed by atoms with Crippen molar-refractivity contribution in [3.63, 3.8) is 0 Å². The molecule has 0 saturated carbocycles. The maximum atomic E-state index is 11.1. The fourth-order valence-electron chi connectivity index (χ4n) is 0.670.